The fourth-order valence-corrected chi connectivity index (χ4v) is 1.06. The second kappa shape index (κ2) is 7.35. The van der Waals surface area contributed by atoms with Gasteiger partial charge in [-0.25, -0.2) is 4.79 Å². The Labute approximate surface area is 78.7 Å². The van der Waals surface area contributed by atoms with Crippen LogP contribution in [-0.4, -0.2) is 11.1 Å². The van der Waals surface area contributed by atoms with Gasteiger partial charge >= 0.3 is 5.97 Å². The van der Waals surface area contributed by atoms with Crippen LogP contribution in [0.25, 0.3) is 0 Å². The molecule has 0 aliphatic heterocycles. The maximum Gasteiger partial charge on any atom is 0.332 e. The molecule has 0 aliphatic rings. The summed E-state index contributed by atoms with van der Waals surface area (Å²) in [5.41, 5.74) is 0.221. The Morgan fingerprint density at radius 3 is 2.62 bits per heavy atom. The lowest BCUT2D eigenvalue weighted by Gasteiger charge is -1.99. The van der Waals surface area contributed by atoms with Gasteiger partial charge in [0.25, 0.3) is 0 Å². The molecule has 72 valence electrons. The lowest BCUT2D eigenvalue weighted by atomic mass is 10.1. The largest absolute Gasteiger partial charge is 0.478 e. The minimum atomic E-state index is -0.974. The minimum absolute atomic E-state index is 0.221. The molecule has 0 saturated heterocycles. The second-order valence-electron chi connectivity index (χ2n) is 2.91. The Balaban J connectivity index is 3.80. The fraction of sp³-hybridized carbons (Fsp3) is 0.600. The van der Waals surface area contributed by atoms with Crippen LogP contribution in [-0.2, 0) is 4.79 Å². The van der Waals surface area contributed by atoms with Crippen LogP contribution in [0.3, 0.4) is 0 Å². The Bertz CT molecular complexity index is 226. The summed E-state index contributed by atoms with van der Waals surface area (Å²) in [7, 11) is 0. The molecule has 0 aliphatic carbocycles. The first-order valence-corrected chi connectivity index (χ1v) is 4.54. The highest BCUT2D eigenvalue weighted by atomic mass is 16.4. The number of hydrogen-bond acceptors (Lipinski definition) is 2. The van der Waals surface area contributed by atoms with Crippen molar-refractivity contribution in [2.45, 2.75) is 39.0 Å². The van der Waals surface area contributed by atoms with E-state index >= 15 is 0 Å². The molecule has 0 bridgehead atoms. The molecule has 0 atom stereocenters. The van der Waals surface area contributed by atoms with E-state index in [9.17, 15) is 4.79 Å². The zero-order valence-electron chi connectivity index (χ0n) is 7.92. The molecule has 0 aromatic carbocycles. The lowest BCUT2D eigenvalue weighted by Crippen LogP contribution is -2.00. The smallest absolute Gasteiger partial charge is 0.332 e. The molecule has 0 aromatic rings. The van der Waals surface area contributed by atoms with Crippen LogP contribution >= 0.6 is 0 Å². The highest BCUT2D eigenvalue weighted by molar-refractivity contribution is 5.87. The standard InChI is InChI=1S/C10H15NO2/c1-2-3-4-5-6-9(7-8-11)10(12)13/h7H,2-6H2,1H3,(H,12,13)/b9-7-. The van der Waals surface area contributed by atoms with Gasteiger partial charge in [0.15, 0.2) is 0 Å². The quantitative estimate of drug-likeness (QED) is 0.389. The molecule has 3 heteroatoms. The van der Waals surface area contributed by atoms with E-state index in [-0.39, 0.29) is 5.57 Å². The van der Waals surface area contributed by atoms with Gasteiger partial charge in [-0.15, -0.1) is 0 Å². The maximum absolute atomic E-state index is 10.5. The zero-order valence-corrected chi connectivity index (χ0v) is 7.92. The molecule has 13 heavy (non-hydrogen) atoms. The van der Waals surface area contributed by atoms with E-state index in [0.717, 1.165) is 31.8 Å². The highest BCUT2D eigenvalue weighted by Crippen LogP contribution is 2.09. The van der Waals surface area contributed by atoms with Crippen molar-refractivity contribution in [2.75, 3.05) is 0 Å². The summed E-state index contributed by atoms with van der Waals surface area (Å²) in [5.74, 6) is -0.974. The number of hydrogen-bond donors (Lipinski definition) is 1. The summed E-state index contributed by atoms with van der Waals surface area (Å²) in [5, 5.41) is 16.9. The number of carbonyl (C=O) groups is 1. The summed E-state index contributed by atoms with van der Waals surface area (Å²) in [6, 6.07) is 1.75. The fourth-order valence-electron chi connectivity index (χ4n) is 1.06. The van der Waals surface area contributed by atoms with Crippen molar-refractivity contribution in [3.05, 3.63) is 11.6 Å². The molecule has 0 rings (SSSR count). The Hall–Kier alpha value is -1.30. The summed E-state index contributed by atoms with van der Waals surface area (Å²) in [6.07, 6.45) is 5.77. The Kier molecular flexibility index (Phi) is 6.62. The van der Waals surface area contributed by atoms with Crippen LogP contribution < -0.4 is 0 Å². The van der Waals surface area contributed by atoms with Crippen molar-refractivity contribution in [3.8, 4) is 6.07 Å². The molecule has 3 nitrogen and oxygen atoms in total. The van der Waals surface area contributed by atoms with Gasteiger partial charge in [-0.05, 0) is 12.8 Å². The monoisotopic (exact) mass is 181 g/mol. The third-order valence-electron chi connectivity index (χ3n) is 1.81. The average Bonchev–Trinajstić information content (AvgIpc) is 2.10. The second-order valence-corrected chi connectivity index (χ2v) is 2.91. The first-order chi connectivity index (χ1) is 6.22. The van der Waals surface area contributed by atoms with Gasteiger partial charge in [0, 0.05) is 11.6 Å². The number of aliphatic carboxylic acids is 1. The van der Waals surface area contributed by atoms with E-state index in [1.165, 1.54) is 0 Å². The van der Waals surface area contributed by atoms with Gasteiger partial charge in [-0.2, -0.15) is 5.26 Å². The number of nitriles is 1. The molecule has 0 heterocycles. The molecule has 0 fully saturated rings. The minimum Gasteiger partial charge on any atom is -0.478 e. The molecule has 0 spiro atoms. The zero-order chi connectivity index (χ0) is 10.1. The predicted octanol–water partition coefficient (Wildman–Crippen LogP) is 2.49. The maximum atomic E-state index is 10.5. The predicted molar refractivity (Wildman–Crippen MR) is 50.1 cm³/mol. The van der Waals surface area contributed by atoms with Crippen molar-refractivity contribution < 1.29 is 9.90 Å². The van der Waals surface area contributed by atoms with E-state index in [4.69, 9.17) is 10.4 Å². The molecule has 0 aromatic heterocycles. The van der Waals surface area contributed by atoms with Crippen LogP contribution in [0, 0.1) is 11.3 Å². The van der Waals surface area contributed by atoms with Crippen LogP contribution in [0.15, 0.2) is 11.6 Å². The van der Waals surface area contributed by atoms with Gasteiger partial charge in [-0.1, -0.05) is 26.2 Å². The molecule has 1 N–H and O–H groups in total. The van der Waals surface area contributed by atoms with Gasteiger partial charge in [0.1, 0.15) is 0 Å². The van der Waals surface area contributed by atoms with Gasteiger partial charge in [0.2, 0.25) is 0 Å². The summed E-state index contributed by atoms with van der Waals surface area (Å²) in [6.45, 7) is 2.10. The van der Waals surface area contributed by atoms with Gasteiger partial charge in [-0.3, -0.25) is 0 Å². The summed E-state index contributed by atoms with van der Waals surface area (Å²) < 4.78 is 0. The van der Waals surface area contributed by atoms with E-state index in [1.54, 1.807) is 6.07 Å². The molecular weight excluding hydrogens is 166 g/mol. The normalized spacial score (nSPS) is 10.9. The van der Waals surface area contributed by atoms with Gasteiger partial charge < -0.3 is 5.11 Å². The molecule has 0 amide bonds. The topological polar surface area (TPSA) is 61.1 Å². The highest BCUT2D eigenvalue weighted by Gasteiger charge is 2.05. The third-order valence-corrected chi connectivity index (χ3v) is 1.81. The molecule has 0 radical (unpaired) electrons. The first-order valence-electron chi connectivity index (χ1n) is 4.54. The van der Waals surface area contributed by atoms with Gasteiger partial charge in [0.05, 0.1) is 6.07 Å². The molecular formula is C10H15NO2. The number of rotatable bonds is 6. The van der Waals surface area contributed by atoms with E-state index in [2.05, 4.69) is 6.92 Å². The number of allylic oxidation sites excluding steroid dienone is 1. The van der Waals surface area contributed by atoms with Crippen LogP contribution in [0.2, 0.25) is 0 Å². The van der Waals surface area contributed by atoms with Crippen molar-refractivity contribution in [1.29, 1.82) is 5.26 Å². The summed E-state index contributed by atoms with van der Waals surface area (Å²) >= 11 is 0. The average molecular weight is 181 g/mol. The SMILES string of the molecule is CCCCCC/C(=C/C#N)C(=O)O. The number of nitrogens with zero attached hydrogens (tertiary/aromatic N) is 1. The van der Waals surface area contributed by atoms with Crippen molar-refractivity contribution >= 4 is 5.97 Å². The third kappa shape index (κ3) is 5.92. The Morgan fingerprint density at radius 2 is 2.15 bits per heavy atom. The first kappa shape index (κ1) is 11.7. The van der Waals surface area contributed by atoms with Crippen LogP contribution in [0.4, 0.5) is 0 Å². The van der Waals surface area contributed by atoms with Crippen LogP contribution in [0.5, 0.6) is 0 Å². The summed E-state index contributed by atoms with van der Waals surface area (Å²) in [4.78, 5) is 10.5. The van der Waals surface area contributed by atoms with Crippen LogP contribution in [0.1, 0.15) is 39.0 Å². The van der Waals surface area contributed by atoms with Crippen molar-refractivity contribution in [1.82, 2.24) is 0 Å². The van der Waals surface area contributed by atoms with E-state index in [0.29, 0.717) is 6.42 Å². The van der Waals surface area contributed by atoms with E-state index < -0.39 is 5.97 Å². The van der Waals surface area contributed by atoms with E-state index in [1.807, 2.05) is 0 Å². The van der Waals surface area contributed by atoms with Crippen molar-refractivity contribution in [2.24, 2.45) is 0 Å². The number of carboxylic acid groups (broad SMARTS) is 1. The number of carboxylic acids is 1. The number of unbranched alkanes of at least 4 members (excludes halogenated alkanes) is 3. The molecule has 0 saturated carbocycles. The van der Waals surface area contributed by atoms with Crippen molar-refractivity contribution in [3.63, 3.8) is 0 Å². The lowest BCUT2D eigenvalue weighted by molar-refractivity contribution is -0.132. The molecule has 0 unspecified atom stereocenters. The Morgan fingerprint density at radius 1 is 1.46 bits per heavy atom.